The van der Waals surface area contributed by atoms with Gasteiger partial charge in [-0.25, -0.2) is 0 Å². The van der Waals surface area contributed by atoms with Gasteiger partial charge in [0.05, 0.1) is 5.56 Å². The molecular formula is C31H32N8OS. The maximum atomic E-state index is 10.5. The lowest BCUT2D eigenvalue weighted by molar-refractivity contribution is 0.255. The van der Waals surface area contributed by atoms with Gasteiger partial charge in [-0.2, -0.15) is 20.5 Å². The van der Waals surface area contributed by atoms with Crippen molar-refractivity contribution in [3.05, 3.63) is 57.5 Å². The van der Waals surface area contributed by atoms with E-state index in [4.69, 9.17) is 20.4 Å². The fourth-order valence-electron chi connectivity index (χ4n) is 7.65. The number of benzene rings is 1. The van der Waals surface area contributed by atoms with Crippen LogP contribution >= 0.6 is 11.3 Å². The van der Waals surface area contributed by atoms with E-state index in [0.29, 0.717) is 65.6 Å². The minimum Gasteiger partial charge on any atom is -0.462 e. The number of aryl methyl sites for hydroxylation is 1. The molecule has 0 unspecified atom stereocenters. The number of anilines is 3. The molecule has 2 atom stereocenters. The number of hydrogen-bond donors (Lipinski definition) is 2. The average Bonchev–Trinajstić information content (AvgIpc) is 3.44. The van der Waals surface area contributed by atoms with Gasteiger partial charge in [0.1, 0.15) is 29.3 Å². The van der Waals surface area contributed by atoms with Crippen LogP contribution in [0.4, 0.5) is 16.6 Å². The SMILES string of the molecule is N#Cc1c(N2C[C@H]3CC[C@@H](C2)N3)nc(OCC2(c3ccccc3)CC2)nc1N1CC2(CCc3sc(N)c(C#N)c32)C1. The van der Waals surface area contributed by atoms with Crippen LogP contribution in [-0.4, -0.2) is 54.8 Å². The summed E-state index contributed by atoms with van der Waals surface area (Å²) in [6.45, 7) is 3.57. The molecule has 3 aliphatic heterocycles. The number of ether oxygens (including phenoxy) is 1. The zero-order chi connectivity index (χ0) is 27.8. The van der Waals surface area contributed by atoms with Crippen molar-refractivity contribution in [2.24, 2.45) is 0 Å². The summed E-state index contributed by atoms with van der Waals surface area (Å²) in [6.07, 6.45) is 6.38. The molecule has 0 radical (unpaired) electrons. The Morgan fingerprint density at radius 2 is 1.66 bits per heavy atom. The maximum absolute atomic E-state index is 10.5. The van der Waals surface area contributed by atoms with Crippen LogP contribution in [0.5, 0.6) is 6.01 Å². The lowest BCUT2D eigenvalue weighted by Crippen LogP contribution is -2.59. The average molecular weight is 565 g/mol. The first kappa shape index (κ1) is 24.9. The third kappa shape index (κ3) is 3.88. The second-order valence-corrected chi connectivity index (χ2v) is 13.6. The number of nitrogen functional groups attached to an aromatic ring is 1. The number of nitrogens with two attached hydrogens (primary N) is 1. The molecule has 41 heavy (non-hydrogen) atoms. The number of rotatable bonds is 6. The van der Waals surface area contributed by atoms with Crippen LogP contribution in [0, 0.1) is 22.7 Å². The molecule has 1 saturated carbocycles. The summed E-state index contributed by atoms with van der Waals surface area (Å²) in [5, 5.41) is 24.6. The van der Waals surface area contributed by atoms with Gasteiger partial charge in [-0.1, -0.05) is 30.3 Å². The normalized spacial score (nSPS) is 24.4. The number of nitriles is 2. The Hall–Kier alpha value is -3.86. The number of fused-ring (bicyclic) bond motifs is 4. The smallest absolute Gasteiger partial charge is 0.320 e. The van der Waals surface area contributed by atoms with Crippen molar-refractivity contribution in [2.45, 2.75) is 61.4 Å². The molecule has 3 saturated heterocycles. The van der Waals surface area contributed by atoms with Gasteiger partial charge in [0.25, 0.3) is 0 Å². The Balaban J connectivity index is 1.13. The van der Waals surface area contributed by atoms with Crippen molar-refractivity contribution in [2.75, 3.05) is 48.3 Å². The van der Waals surface area contributed by atoms with Crippen molar-refractivity contribution in [1.29, 1.82) is 10.5 Å². The highest BCUT2D eigenvalue weighted by atomic mass is 32.1. The molecule has 5 aliphatic rings. The number of thiophene rings is 1. The Morgan fingerprint density at radius 1 is 0.976 bits per heavy atom. The van der Waals surface area contributed by atoms with Gasteiger partial charge < -0.3 is 25.6 Å². The van der Waals surface area contributed by atoms with E-state index in [9.17, 15) is 10.5 Å². The lowest BCUT2D eigenvalue weighted by atomic mass is 9.74. The van der Waals surface area contributed by atoms with Crippen molar-refractivity contribution < 1.29 is 4.74 Å². The monoisotopic (exact) mass is 564 g/mol. The molecule has 9 nitrogen and oxygen atoms in total. The molecule has 5 heterocycles. The highest BCUT2D eigenvalue weighted by Crippen LogP contribution is 2.53. The van der Waals surface area contributed by atoms with Crippen LogP contribution in [-0.2, 0) is 17.3 Å². The summed E-state index contributed by atoms with van der Waals surface area (Å²) in [5.41, 5.74) is 9.66. The van der Waals surface area contributed by atoms with Crippen molar-refractivity contribution in [1.82, 2.24) is 15.3 Å². The maximum Gasteiger partial charge on any atom is 0.320 e. The van der Waals surface area contributed by atoms with E-state index in [1.807, 2.05) is 6.07 Å². The molecule has 2 aromatic heterocycles. The van der Waals surface area contributed by atoms with Gasteiger partial charge >= 0.3 is 6.01 Å². The van der Waals surface area contributed by atoms with Crippen LogP contribution < -0.4 is 25.6 Å². The van der Waals surface area contributed by atoms with Crippen LogP contribution in [0.2, 0.25) is 0 Å². The van der Waals surface area contributed by atoms with E-state index in [0.717, 1.165) is 57.2 Å². The largest absolute Gasteiger partial charge is 0.462 e. The summed E-state index contributed by atoms with van der Waals surface area (Å²) in [6, 6.07) is 16.5. The van der Waals surface area contributed by atoms with E-state index < -0.39 is 0 Å². The van der Waals surface area contributed by atoms with Gasteiger partial charge in [0.15, 0.2) is 11.6 Å². The van der Waals surface area contributed by atoms with Gasteiger partial charge in [-0.3, -0.25) is 0 Å². The number of aromatic nitrogens is 2. The molecular weight excluding hydrogens is 532 g/mol. The molecule has 4 fully saturated rings. The van der Waals surface area contributed by atoms with Gasteiger partial charge in [-0.15, -0.1) is 11.3 Å². The fraction of sp³-hybridized carbons (Fsp3) is 0.484. The second-order valence-electron chi connectivity index (χ2n) is 12.5. The van der Waals surface area contributed by atoms with Crippen LogP contribution in [0.3, 0.4) is 0 Å². The zero-order valence-electron chi connectivity index (χ0n) is 22.9. The molecule has 2 aliphatic carbocycles. The summed E-state index contributed by atoms with van der Waals surface area (Å²) >= 11 is 1.55. The Kier molecular flexibility index (Phi) is 5.51. The standard InChI is InChI=1S/C31H32N8OS/c32-12-22-25-24(41-26(22)34)8-9-31(25)16-39(17-31)28-23(13-33)27(38-14-20-6-7-21(15-38)35-20)36-29(37-28)40-18-30(10-11-30)19-4-2-1-3-5-19/h1-5,20-21,35H,6-11,14-18,34H2/t20-,21+. The van der Waals surface area contributed by atoms with Crippen molar-refractivity contribution in [3.63, 3.8) is 0 Å². The molecule has 8 rings (SSSR count). The summed E-state index contributed by atoms with van der Waals surface area (Å²) in [7, 11) is 0. The zero-order valence-corrected chi connectivity index (χ0v) is 23.7. The first-order chi connectivity index (χ1) is 20.0. The Labute approximate surface area is 243 Å². The summed E-state index contributed by atoms with van der Waals surface area (Å²) in [4.78, 5) is 15.5. The van der Waals surface area contributed by atoms with Gasteiger partial charge in [0, 0.05) is 54.0 Å². The topological polar surface area (TPSA) is 127 Å². The number of nitrogens with one attached hydrogen (secondary N) is 1. The molecule has 3 N–H and O–H groups in total. The third-order valence-corrected chi connectivity index (χ3v) is 11.0. The lowest BCUT2D eigenvalue weighted by Gasteiger charge is -2.49. The quantitative estimate of drug-likeness (QED) is 0.461. The third-order valence-electron chi connectivity index (χ3n) is 9.96. The Bertz CT molecular complexity index is 1600. The van der Waals surface area contributed by atoms with Crippen molar-refractivity contribution >= 4 is 28.0 Å². The minimum absolute atomic E-state index is 0.000632. The van der Waals surface area contributed by atoms with Crippen LogP contribution in [0.25, 0.3) is 0 Å². The van der Waals surface area contributed by atoms with E-state index >= 15 is 0 Å². The summed E-state index contributed by atoms with van der Waals surface area (Å²) in [5.74, 6) is 1.32. The summed E-state index contributed by atoms with van der Waals surface area (Å²) < 4.78 is 6.40. The van der Waals surface area contributed by atoms with E-state index in [1.54, 1.807) is 11.3 Å². The molecule has 1 spiro atoms. The van der Waals surface area contributed by atoms with Gasteiger partial charge in [-0.05, 0) is 49.7 Å². The predicted octanol–water partition coefficient (Wildman–Crippen LogP) is 3.62. The highest BCUT2D eigenvalue weighted by molar-refractivity contribution is 7.16. The molecule has 208 valence electrons. The predicted molar refractivity (Wildman–Crippen MR) is 157 cm³/mol. The number of piperazine rings is 1. The second kappa shape index (κ2) is 9.07. The molecule has 10 heteroatoms. The first-order valence-electron chi connectivity index (χ1n) is 14.6. The molecule has 1 aromatic carbocycles. The minimum atomic E-state index is -0.118. The van der Waals surface area contributed by atoms with Crippen molar-refractivity contribution in [3.8, 4) is 18.1 Å². The van der Waals surface area contributed by atoms with Gasteiger partial charge in [0.2, 0.25) is 0 Å². The van der Waals surface area contributed by atoms with E-state index in [-0.39, 0.29) is 10.8 Å². The number of hydrogen-bond acceptors (Lipinski definition) is 10. The highest BCUT2D eigenvalue weighted by Gasteiger charge is 2.52. The van der Waals surface area contributed by atoms with Crippen LogP contribution in [0.15, 0.2) is 30.3 Å². The molecule has 2 bridgehead atoms. The number of nitrogens with zero attached hydrogens (tertiary/aromatic N) is 6. The van der Waals surface area contributed by atoms with Crippen LogP contribution in [0.1, 0.15) is 59.2 Å². The van der Waals surface area contributed by atoms with E-state index in [1.165, 1.54) is 10.4 Å². The molecule has 3 aromatic rings. The first-order valence-corrected chi connectivity index (χ1v) is 15.4. The van der Waals surface area contributed by atoms with E-state index in [2.05, 4.69) is 51.5 Å². The molecule has 0 amide bonds. The Morgan fingerprint density at radius 3 is 2.32 bits per heavy atom. The fourth-order valence-corrected chi connectivity index (χ4v) is 8.79.